The highest BCUT2D eigenvalue weighted by atomic mass is 32.1. The number of amides is 3. The summed E-state index contributed by atoms with van der Waals surface area (Å²) in [5, 5.41) is 6.77. The maximum Gasteiger partial charge on any atom is 0.324 e. The summed E-state index contributed by atoms with van der Waals surface area (Å²) in [6.07, 6.45) is 0. The van der Waals surface area contributed by atoms with Crippen molar-refractivity contribution >= 4 is 39.2 Å². The maximum atomic E-state index is 12.4. The minimum atomic E-state index is -0.496. The van der Waals surface area contributed by atoms with Crippen LogP contribution in [-0.4, -0.2) is 41.0 Å². The van der Waals surface area contributed by atoms with Crippen LogP contribution >= 0.6 is 11.3 Å². The van der Waals surface area contributed by atoms with Gasteiger partial charge >= 0.3 is 6.03 Å². The van der Waals surface area contributed by atoms with Crippen LogP contribution in [0.25, 0.3) is 20.8 Å². The number of hydrogen-bond donors (Lipinski definition) is 2. The van der Waals surface area contributed by atoms with E-state index in [2.05, 4.69) is 21.7 Å². The molecule has 2 N–H and O–H groups in total. The van der Waals surface area contributed by atoms with Gasteiger partial charge in [-0.1, -0.05) is 24.3 Å². The Labute approximate surface area is 154 Å². The quantitative estimate of drug-likeness (QED) is 0.743. The Morgan fingerprint density at radius 1 is 1.27 bits per heavy atom. The van der Waals surface area contributed by atoms with Crippen LogP contribution in [0.5, 0.6) is 0 Å². The molecule has 3 aromatic rings. The van der Waals surface area contributed by atoms with Gasteiger partial charge in [0, 0.05) is 24.3 Å². The fourth-order valence-electron chi connectivity index (χ4n) is 2.97. The molecule has 26 heavy (non-hydrogen) atoms. The molecule has 132 valence electrons. The van der Waals surface area contributed by atoms with E-state index in [1.807, 2.05) is 42.5 Å². The summed E-state index contributed by atoms with van der Waals surface area (Å²) in [5.74, 6) is -0.231. The standard InChI is InChI=1S/C19H18N4O2S/c1-12(18(24)23-10-9-20-19(23)25)21-14-6-4-5-13(11-14)17-22-15-7-2-3-8-16(15)26-17/h2-8,11-12,21H,9-10H2,1H3,(H,20,25)/t12-/m0/s1. The highest BCUT2D eigenvalue weighted by molar-refractivity contribution is 7.21. The van der Waals surface area contributed by atoms with E-state index in [0.717, 1.165) is 26.5 Å². The van der Waals surface area contributed by atoms with E-state index in [-0.39, 0.29) is 11.9 Å². The number of thiazole rings is 1. The van der Waals surface area contributed by atoms with Crippen molar-refractivity contribution in [3.63, 3.8) is 0 Å². The Kier molecular flexibility index (Phi) is 4.30. The Bertz CT molecular complexity index is 951. The molecular weight excluding hydrogens is 348 g/mol. The summed E-state index contributed by atoms with van der Waals surface area (Å²) in [5.41, 5.74) is 2.80. The molecule has 0 bridgehead atoms. The number of fused-ring (bicyclic) bond motifs is 1. The maximum absolute atomic E-state index is 12.4. The van der Waals surface area contributed by atoms with Gasteiger partial charge in [-0.2, -0.15) is 0 Å². The number of benzene rings is 2. The van der Waals surface area contributed by atoms with E-state index < -0.39 is 6.04 Å². The SMILES string of the molecule is C[C@H](Nc1cccc(-c2nc3ccccc3s2)c1)C(=O)N1CCNC1=O. The highest BCUT2D eigenvalue weighted by Crippen LogP contribution is 2.31. The number of aromatic nitrogens is 1. The van der Waals surface area contributed by atoms with Crippen LogP contribution < -0.4 is 10.6 Å². The second-order valence-electron chi connectivity index (χ2n) is 6.16. The Balaban J connectivity index is 1.54. The molecule has 4 rings (SSSR count). The van der Waals surface area contributed by atoms with E-state index >= 15 is 0 Å². The fourth-order valence-corrected chi connectivity index (χ4v) is 3.93. The molecular formula is C19H18N4O2S. The van der Waals surface area contributed by atoms with Crippen LogP contribution in [0, 0.1) is 0 Å². The summed E-state index contributed by atoms with van der Waals surface area (Å²) in [6, 6.07) is 15.0. The summed E-state index contributed by atoms with van der Waals surface area (Å²) >= 11 is 1.64. The van der Waals surface area contributed by atoms with Crippen molar-refractivity contribution in [1.29, 1.82) is 0 Å². The average molecular weight is 366 g/mol. The van der Waals surface area contributed by atoms with Crippen LogP contribution in [0.4, 0.5) is 10.5 Å². The molecule has 0 radical (unpaired) electrons. The molecule has 2 aromatic carbocycles. The lowest BCUT2D eigenvalue weighted by atomic mass is 10.2. The monoisotopic (exact) mass is 366 g/mol. The van der Waals surface area contributed by atoms with E-state index in [0.29, 0.717) is 13.1 Å². The molecule has 6 nitrogen and oxygen atoms in total. The highest BCUT2D eigenvalue weighted by Gasteiger charge is 2.29. The van der Waals surface area contributed by atoms with E-state index in [1.165, 1.54) is 4.90 Å². The third kappa shape index (κ3) is 3.13. The number of nitrogens with one attached hydrogen (secondary N) is 2. The lowest BCUT2D eigenvalue weighted by Gasteiger charge is -2.20. The molecule has 0 spiro atoms. The Morgan fingerprint density at radius 3 is 2.88 bits per heavy atom. The van der Waals surface area contributed by atoms with Crippen LogP contribution in [0.2, 0.25) is 0 Å². The first kappa shape index (κ1) is 16.5. The lowest BCUT2D eigenvalue weighted by molar-refractivity contribution is -0.128. The summed E-state index contributed by atoms with van der Waals surface area (Å²) in [6.45, 7) is 2.68. The number of urea groups is 1. The van der Waals surface area contributed by atoms with Gasteiger partial charge in [0.25, 0.3) is 5.91 Å². The molecule has 1 aromatic heterocycles. The van der Waals surface area contributed by atoms with Crippen LogP contribution in [0.3, 0.4) is 0 Å². The van der Waals surface area contributed by atoms with Crippen molar-refractivity contribution < 1.29 is 9.59 Å². The lowest BCUT2D eigenvalue weighted by Crippen LogP contribution is -2.43. The van der Waals surface area contributed by atoms with Gasteiger partial charge in [-0.05, 0) is 31.2 Å². The Morgan fingerprint density at radius 2 is 2.12 bits per heavy atom. The number of para-hydroxylation sites is 1. The topological polar surface area (TPSA) is 74.3 Å². The number of carbonyl (C=O) groups excluding carboxylic acids is 2. The summed E-state index contributed by atoms with van der Waals surface area (Å²) < 4.78 is 1.14. The predicted molar refractivity (Wildman–Crippen MR) is 103 cm³/mol. The van der Waals surface area contributed by atoms with Crippen LogP contribution in [0.15, 0.2) is 48.5 Å². The van der Waals surface area contributed by atoms with Crippen molar-refractivity contribution in [2.75, 3.05) is 18.4 Å². The van der Waals surface area contributed by atoms with Gasteiger partial charge in [-0.25, -0.2) is 9.78 Å². The Hall–Kier alpha value is -2.93. The largest absolute Gasteiger partial charge is 0.374 e. The zero-order chi connectivity index (χ0) is 18.1. The molecule has 0 saturated carbocycles. The molecule has 1 fully saturated rings. The average Bonchev–Trinajstić information content (AvgIpc) is 3.27. The van der Waals surface area contributed by atoms with Gasteiger partial charge in [0.15, 0.2) is 0 Å². The molecule has 1 aliphatic heterocycles. The predicted octanol–water partition coefficient (Wildman–Crippen LogP) is 3.32. The third-order valence-corrected chi connectivity index (χ3v) is 5.37. The van der Waals surface area contributed by atoms with E-state index in [4.69, 9.17) is 0 Å². The minimum Gasteiger partial charge on any atom is -0.374 e. The summed E-state index contributed by atoms with van der Waals surface area (Å²) in [4.78, 5) is 30.0. The molecule has 1 aliphatic rings. The van der Waals surface area contributed by atoms with Gasteiger partial charge in [0.2, 0.25) is 0 Å². The van der Waals surface area contributed by atoms with Crippen molar-refractivity contribution in [1.82, 2.24) is 15.2 Å². The van der Waals surface area contributed by atoms with Crippen molar-refractivity contribution in [2.24, 2.45) is 0 Å². The number of imide groups is 1. The smallest absolute Gasteiger partial charge is 0.324 e. The van der Waals surface area contributed by atoms with E-state index in [1.54, 1.807) is 18.3 Å². The molecule has 0 aliphatic carbocycles. The zero-order valence-corrected chi connectivity index (χ0v) is 15.0. The van der Waals surface area contributed by atoms with Gasteiger partial charge < -0.3 is 10.6 Å². The van der Waals surface area contributed by atoms with Gasteiger partial charge in [-0.3, -0.25) is 9.69 Å². The van der Waals surface area contributed by atoms with Crippen LogP contribution in [-0.2, 0) is 4.79 Å². The number of anilines is 1. The van der Waals surface area contributed by atoms with E-state index in [9.17, 15) is 9.59 Å². The first-order valence-corrected chi connectivity index (χ1v) is 9.25. The van der Waals surface area contributed by atoms with Crippen molar-refractivity contribution in [3.8, 4) is 10.6 Å². The summed E-state index contributed by atoms with van der Waals surface area (Å²) in [7, 11) is 0. The number of hydrogen-bond acceptors (Lipinski definition) is 5. The number of rotatable bonds is 4. The first-order chi connectivity index (χ1) is 12.6. The molecule has 2 heterocycles. The van der Waals surface area contributed by atoms with Gasteiger partial charge in [-0.15, -0.1) is 11.3 Å². The molecule has 0 unspecified atom stereocenters. The van der Waals surface area contributed by atoms with Gasteiger partial charge in [0.1, 0.15) is 11.0 Å². The molecule has 1 atom stereocenters. The molecule has 7 heteroatoms. The normalized spacial score (nSPS) is 15.1. The van der Waals surface area contributed by atoms with Crippen LogP contribution in [0.1, 0.15) is 6.92 Å². The first-order valence-electron chi connectivity index (χ1n) is 8.43. The van der Waals surface area contributed by atoms with Crippen molar-refractivity contribution in [3.05, 3.63) is 48.5 Å². The zero-order valence-electron chi connectivity index (χ0n) is 14.2. The second-order valence-corrected chi connectivity index (χ2v) is 7.19. The number of carbonyl (C=O) groups is 2. The molecule has 1 saturated heterocycles. The van der Waals surface area contributed by atoms with Gasteiger partial charge in [0.05, 0.1) is 10.2 Å². The minimum absolute atomic E-state index is 0.231. The van der Waals surface area contributed by atoms with Crippen molar-refractivity contribution in [2.45, 2.75) is 13.0 Å². The number of nitrogens with zero attached hydrogens (tertiary/aromatic N) is 2. The molecule has 3 amide bonds. The fraction of sp³-hybridized carbons (Fsp3) is 0.211. The second kappa shape index (κ2) is 6.76. The third-order valence-electron chi connectivity index (χ3n) is 4.28.